The Morgan fingerprint density at radius 3 is 2.71 bits per heavy atom. The summed E-state index contributed by atoms with van der Waals surface area (Å²) in [7, 11) is 0. The molecular formula is C11H12N2O. The Hall–Kier alpha value is -1.56. The molecule has 3 atom stereocenters. The lowest BCUT2D eigenvalue weighted by molar-refractivity contribution is -0.114. The molecule has 2 rings (SSSR count). The van der Waals surface area contributed by atoms with E-state index in [1.54, 1.807) is 6.08 Å². The quantitative estimate of drug-likeness (QED) is 0.401. The van der Waals surface area contributed by atoms with E-state index in [1.165, 1.54) is 6.42 Å². The Labute approximate surface area is 82.9 Å². The number of carbonyl (C=O) groups excluding carboxylic acids is 1. The van der Waals surface area contributed by atoms with Gasteiger partial charge in [-0.05, 0) is 30.6 Å². The van der Waals surface area contributed by atoms with E-state index in [0.717, 1.165) is 6.42 Å². The van der Waals surface area contributed by atoms with Gasteiger partial charge in [0.25, 0.3) is 5.91 Å². The number of allylic oxidation sites excluding steroid dienone is 3. The zero-order valence-electron chi connectivity index (χ0n) is 7.81. The first-order valence-electron chi connectivity index (χ1n) is 4.80. The Morgan fingerprint density at radius 2 is 2.29 bits per heavy atom. The molecule has 1 amide bonds. The molecular weight excluding hydrogens is 176 g/mol. The number of nitrogens with two attached hydrogens (primary N) is 1. The molecule has 3 heteroatoms. The van der Waals surface area contributed by atoms with Crippen molar-refractivity contribution in [1.29, 1.82) is 5.26 Å². The van der Waals surface area contributed by atoms with Gasteiger partial charge >= 0.3 is 0 Å². The summed E-state index contributed by atoms with van der Waals surface area (Å²) >= 11 is 0. The van der Waals surface area contributed by atoms with Crippen LogP contribution < -0.4 is 5.73 Å². The van der Waals surface area contributed by atoms with Crippen LogP contribution in [0.15, 0.2) is 23.8 Å². The van der Waals surface area contributed by atoms with Crippen molar-refractivity contribution in [2.45, 2.75) is 12.8 Å². The molecule has 2 aliphatic carbocycles. The van der Waals surface area contributed by atoms with Crippen LogP contribution in [0.5, 0.6) is 0 Å². The Morgan fingerprint density at radius 1 is 1.50 bits per heavy atom. The van der Waals surface area contributed by atoms with Gasteiger partial charge < -0.3 is 5.73 Å². The molecule has 14 heavy (non-hydrogen) atoms. The van der Waals surface area contributed by atoms with Crippen LogP contribution in [0.2, 0.25) is 0 Å². The predicted molar refractivity (Wildman–Crippen MR) is 51.7 cm³/mol. The highest BCUT2D eigenvalue weighted by Crippen LogP contribution is 2.44. The van der Waals surface area contributed by atoms with Crippen molar-refractivity contribution in [3.8, 4) is 6.07 Å². The highest BCUT2D eigenvalue weighted by Gasteiger charge is 2.34. The molecule has 2 aliphatic rings. The molecule has 0 unspecified atom stereocenters. The number of hydrogen-bond acceptors (Lipinski definition) is 2. The van der Waals surface area contributed by atoms with E-state index in [9.17, 15) is 4.79 Å². The first kappa shape index (κ1) is 9.01. The Kier molecular flexibility index (Phi) is 2.12. The molecule has 3 nitrogen and oxygen atoms in total. The number of carbonyl (C=O) groups is 1. The zero-order chi connectivity index (χ0) is 10.1. The Bertz CT molecular complexity index is 362. The molecule has 1 saturated carbocycles. The van der Waals surface area contributed by atoms with Gasteiger partial charge in [-0.3, -0.25) is 4.79 Å². The zero-order valence-corrected chi connectivity index (χ0v) is 7.81. The number of primary amides is 1. The molecule has 0 aliphatic heterocycles. The molecule has 72 valence electrons. The summed E-state index contributed by atoms with van der Waals surface area (Å²) < 4.78 is 0. The minimum Gasteiger partial charge on any atom is -0.365 e. The van der Waals surface area contributed by atoms with Crippen LogP contribution in [-0.4, -0.2) is 5.91 Å². The summed E-state index contributed by atoms with van der Waals surface area (Å²) in [6.07, 6.45) is 8.38. The van der Waals surface area contributed by atoms with Gasteiger partial charge in [-0.2, -0.15) is 5.26 Å². The lowest BCUT2D eigenvalue weighted by Crippen LogP contribution is -2.15. The smallest absolute Gasteiger partial charge is 0.259 e. The van der Waals surface area contributed by atoms with Crippen LogP contribution in [0.3, 0.4) is 0 Å². The van der Waals surface area contributed by atoms with E-state index in [1.807, 2.05) is 6.07 Å². The Balaban J connectivity index is 2.15. The maximum Gasteiger partial charge on any atom is 0.259 e. The van der Waals surface area contributed by atoms with E-state index >= 15 is 0 Å². The fourth-order valence-corrected chi connectivity index (χ4v) is 2.40. The molecule has 0 heterocycles. The van der Waals surface area contributed by atoms with Gasteiger partial charge in [0.1, 0.15) is 11.6 Å². The monoisotopic (exact) mass is 188 g/mol. The molecule has 0 aromatic rings. The third-order valence-electron chi connectivity index (χ3n) is 3.10. The molecule has 0 aromatic heterocycles. The molecule has 0 radical (unpaired) electrons. The number of hydrogen-bond donors (Lipinski definition) is 1. The largest absolute Gasteiger partial charge is 0.365 e. The summed E-state index contributed by atoms with van der Waals surface area (Å²) in [5.74, 6) is 0.892. The van der Waals surface area contributed by atoms with Gasteiger partial charge in [-0.1, -0.05) is 18.2 Å². The predicted octanol–water partition coefficient (Wildman–Crippen LogP) is 1.13. The van der Waals surface area contributed by atoms with E-state index in [-0.39, 0.29) is 5.57 Å². The van der Waals surface area contributed by atoms with Gasteiger partial charge in [-0.15, -0.1) is 0 Å². The van der Waals surface area contributed by atoms with Gasteiger partial charge in [-0.25, -0.2) is 0 Å². The summed E-state index contributed by atoms with van der Waals surface area (Å²) in [4.78, 5) is 10.8. The van der Waals surface area contributed by atoms with Crippen molar-refractivity contribution in [3.63, 3.8) is 0 Å². The number of nitrogens with zero attached hydrogens (tertiary/aromatic N) is 1. The van der Waals surface area contributed by atoms with E-state index < -0.39 is 5.91 Å². The van der Waals surface area contributed by atoms with E-state index in [0.29, 0.717) is 17.8 Å². The van der Waals surface area contributed by atoms with Crippen LogP contribution in [0.4, 0.5) is 0 Å². The lowest BCUT2D eigenvalue weighted by Gasteiger charge is -2.13. The molecule has 0 spiro atoms. The minimum atomic E-state index is -0.612. The van der Waals surface area contributed by atoms with Crippen LogP contribution in [0.25, 0.3) is 0 Å². The second-order valence-electron chi connectivity index (χ2n) is 4.00. The maximum atomic E-state index is 10.8. The maximum absolute atomic E-state index is 10.8. The topological polar surface area (TPSA) is 66.9 Å². The minimum absolute atomic E-state index is 0.107. The number of fused-ring (bicyclic) bond motifs is 2. The van der Waals surface area contributed by atoms with Crippen LogP contribution in [0, 0.1) is 29.1 Å². The fourth-order valence-electron chi connectivity index (χ4n) is 2.40. The third-order valence-corrected chi connectivity index (χ3v) is 3.10. The highest BCUT2D eigenvalue weighted by molar-refractivity contribution is 5.95. The standard InChI is InChI=1S/C11H12N2O/c12-6-10(11(13)14)5-9-4-7-1-2-8(9)3-7/h1-2,5,7-9H,3-4H2,(H2,13,14)/b10-5-/t7-,8-,9-/m0/s1. The average Bonchev–Trinajstić information content (AvgIpc) is 2.74. The number of nitriles is 1. The van der Waals surface area contributed by atoms with E-state index in [2.05, 4.69) is 12.2 Å². The van der Waals surface area contributed by atoms with E-state index in [4.69, 9.17) is 11.0 Å². The highest BCUT2D eigenvalue weighted by atomic mass is 16.1. The first-order valence-corrected chi connectivity index (χ1v) is 4.80. The molecule has 2 N–H and O–H groups in total. The van der Waals surface area contributed by atoms with Gasteiger partial charge in [0.15, 0.2) is 0 Å². The summed E-state index contributed by atoms with van der Waals surface area (Å²) in [6.45, 7) is 0. The van der Waals surface area contributed by atoms with Crippen LogP contribution in [0.1, 0.15) is 12.8 Å². The van der Waals surface area contributed by atoms with Gasteiger partial charge in [0.05, 0.1) is 0 Å². The van der Waals surface area contributed by atoms with Gasteiger partial charge in [0.2, 0.25) is 0 Å². The third kappa shape index (κ3) is 1.44. The van der Waals surface area contributed by atoms with Crippen LogP contribution >= 0.6 is 0 Å². The van der Waals surface area contributed by atoms with Gasteiger partial charge in [0, 0.05) is 0 Å². The number of rotatable bonds is 2. The molecule has 0 saturated heterocycles. The SMILES string of the molecule is N#C/C(=C/[C@@H]1C[C@H]2C=C[C@H]1C2)C(N)=O. The van der Waals surface area contributed by atoms with Crippen molar-refractivity contribution < 1.29 is 4.79 Å². The van der Waals surface area contributed by atoms with Crippen molar-refractivity contribution >= 4 is 5.91 Å². The average molecular weight is 188 g/mol. The second kappa shape index (κ2) is 3.30. The summed E-state index contributed by atoms with van der Waals surface area (Å²) in [5, 5.41) is 8.69. The van der Waals surface area contributed by atoms with Crippen molar-refractivity contribution in [2.75, 3.05) is 0 Å². The summed E-state index contributed by atoms with van der Waals surface area (Å²) in [6, 6.07) is 1.85. The van der Waals surface area contributed by atoms with Crippen LogP contribution in [-0.2, 0) is 4.79 Å². The normalized spacial score (nSPS) is 34.5. The lowest BCUT2D eigenvalue weighted by atomic mass is 9.91. The van der Waals surface area contributed by atoms with Crippen molar-refractivity contribution in [1.82, 2.24) is 0 Å². The molecule has 0 aromatic carbocycles. The second-order valence-corrected chi connectivity index (χ2v) is 4.00. The molecule has 1 fully saturated rings. The summed E-state index contributed by atoms with van der Waals surface area (Å²) in [5.41, 5.74) is 5.18. The number of amides is 1. The fraction of sp³-hybridized carbons (Fsp3) is 0.455. The first-order chi connectivity index (χ1) is 6.70. The van der Waals surface area contributed by atoms with Crippen molar-refractivity contribution in [2.24, 2.45) is 23.5 Å². The van der Waals surface area contributed by atoms with Crippen molar-refractivity contribution in [3.05, 3.63) is 23.8 Å². The molecule has 2 bridgehead atoms.